The maximum Gasteiger partial charge on any atom is 0.160 e. The molecular formula is C12H20N4O. The van der Waals surface area contributed by atoms with Crippen molar-refractivity contribution in [1.29, 1.82) is 0 Å². The Kier molecular flexibility index (Phi) is 7.54. The van der Waals surface area contributed by atoms with Crippen molar-refractivity contribution in [1.82, 2.24) is 19.9 Å². The molecule has 0 amide bonds. The summed E-state index contributed by atoms with van der Waals surface area (Å²) < 4.78 is 1.78. The number of pyridine rings is 1. The number of hydrogen-bond acceptors (Lipinski definition) is 4. The minimum Gasteiger partial charge on any atom is -0.323 e. The molecule has 5 nitrogen and oxygen atoms in total. The average Bonchev–Trinajstić information content (AvgIpc) is 2.74. The van der Waals surface area contributed by atoms with E-state index in [4.69, 9.17) is 0 Å². The number of rotatable bonds is 1. The van der Waals surface area contributed by atoms with Gasteiger partial charge in [0.2, 0.25) is 0 Å². The first kappa shape index (κ1) is 15.2. The summed E-state index contributed by atoms with van der Waals surface area (Å²) in [5, 5.41) is 10.5. The molecule has 0 aliphatic heterocycles. The van der Waals surface area contributed by atoms with Gasteiger partial charge in [0.05, 0.1) is 0 Å². The summed E-state index contributed by atoms with van der Waals surface area (Å²) in [6, 6.07) is 3.49. The second kappa shape index (κ2) is 8.41. The van der Waals surface area contributed by atoms with Gasteiger partial charge in [0.25, 0.3) is 0 Å². The lowest BCUT2D eigenvalue weighted by Gasteiger charge is -1.94. The van der Waals surface area contributed by atoms with Crippen LogP contribution < -0.4 is 5.32 Å². The van der Waals surface area contributed by atoms with E-state index >= 15 is 0 Å². The summed E-state index contributed by atoms with van der Waals surface area (Å²) in [6.07, 6.45) is 2.52. The Bertz CT molecular complexity index is 451. The Morgan fingerprint density at radius 1 is 1.24 bits per heavy atom. The Labute approximate surface area is 102 Å². The molecule has 0 aromatic carbocycles. The van der Waals surface area contributed by atoms with Crippen molar-refractivity contribution in [3.8, 4) is 0 Å². The largest absolute Gasteiger partial charge is 0.323 e. The molecule has 2 rings (SSSR count). The monoisotopic (exact) mass is 236 g/mol. The number of nitrogens with one attached hydrogen (secondary N) is 1. The van der Waals surface area contributed by atoms with Gasteiger partial charge in [-0.1, -0.05) is 13.8 Å². The minimum absolute atomic E-state index is 0.630. The van der Waals surface area contributed by atoms with E-state index in [1.807, 2.05) is 34.9 Å². The maximum atomic E-state index is 10.4. The van der Waals surface area contributed by atoms with Gasteiger partial charge in [-0.05, 0) is 33.2 Å². The normalized spacial score (nSPS) is 8.76. The van der Waals surface area contributed by atoms with Crippen LogP contribution in [0.2, 0.25) is 0 Å². The van der Waals surface area contributed by atoms with Crippen LogP contribution in [0.5, 0.6) is 0 Å². The van der Waals surface area contributed by atoms with Crippen LogP contribution in [0.3, 0.4) is 0 Å². The van der Waals surface area contributed by atoms with E-state index in [1.165, 1.54) is 0 Å². The molecule has 0 spiro atoms. The third-order valence-corrected chi connectivity index (χ3v) is 1.73. The third-order valence-electron chi connectivity index (χ3n) is 1.73. The Balaban J connectivity index is 0.000000450. The smallest absolute Gasteiger partial charge is 0.160 e. The van der Waals surface area contributed by atoms with Crippen LogP contribution in [0.25, 0.3) is 5.65 Å². The lowest BCUT2D eigenvalue weighted by molar-refractivity contribution is 0.112. The van der Waals surface area contributed by atoms with E-state index < -0.39 is 0 Å². The van der Waals surface area contributed by atoms with Crippen LogP contribution in [0.1, 0.15) is 30.0 Å². The number of nitrogens with zero attached hydrogens (tertiary/aromatic N) is 3. The standard InChI is InChI=1S/C8H7N3O.C2H7N.C2H6/c1-6-9-10-8-3-2-7(5-12)4-11(6)8;1-3-2;1-2/h2-5H,1H3;3H,1-2H3;1-2H3. The molecule has 0 fully saturated rings. The highest BCUT2D eigenvalue weighted by Crippen LogP contribution is 2.03. The second-order valence-electron chi connectivity index (χ2n) is 3.06. The highest BCUT2D eigenvalue weighted by molar-refractivity contribution is 5.74. The van der Waals surface area contributed by atoms with Crippen LogP contribution in [0.15, 0.2) is 18.3 Å². The first-order valence-corrected chi connectivity index (χ1v) is 5.58. The molecule has 2 heterocycles. The van der Waals surface area contributed by atoms with Crippen LogP contribution in [-0.4, -0.2) is 35.0 Å². The molecule has 0 bridgehead atoms. The zero-order valence-electron chi connectivity index (χ0n) is 11.1. The fourth-order valence-electron chi connectivity index (χ4n) is 1.09. The number of hydrogen-bond donors (Lipinski definition) is 1. The van der Waals surface area contributed by atoms with E-state index in [1.54, 1.807) is 22.7 Å². The quantitative estimate of drug-likeness (QED) is 0.766. The fourth-order valence-corrected chi connectivity index (χ4v) is 1.09. The summed E-state index contributed by atoms with van der Waals surface area (Å²) in [6.45, 7) is 5.84. The van der Waals surface area contributed by atoms with Crippen LogP contribution >= 0.6 is 0 Å². The molecule has 0 atom stereocenters. The summed E-state index contributed by atoms with van der Waals surface area (Å²) >= 11 is 0. The van der Waals surface area contributed by atoms with Crippen molar-refractivity contribution in [2.75, 3.05) is 14.1 Å². The first-order valence-electron chi connectivity index (χ1n) is 5.58. The lowest BCUT2D eigenvalue weighted by Crippen LogP contribution is -1.90. The van der Waals surface area contributed by atoms with Crippen LogP contribution in [-0.2, 0) is 0 Å². The predicted octanol–water partition coefficient (Wildman–Crippen LogP) is 1.71. The van der Waals surface area contributed by atoms with Crippen molar-refractivity contribution in [2.24, 2.45) is 0 Å². The summed E-state index contributed by atoms with van der Waals surface area (Å²) in [5.41, 5.74) is 1.39. The summed E-state index contributed by atoms with van der Waals surface area (Å²) in [7, 11) is 3.75. The van der Waals surface area contributed by atoms with E-state index in [0.29, 0.717) is 5.56 Å². The van der Waals surface area contributed by atoms with Gasteiger partial charge in [-0.3, -0.25) is 9.20 Å². The zero-order chi connectivity index (χ0) is 13.3. The molecule has 0 saturated heterocycles. The van der Waals surface area contributed by atoms with Crippen LogP contribution in [0, 0.1) is 6.92 Å². The van der Waals surface area contributed by atoms with Gasteiger partial charge >= 0.3 is 0 Å². The van der Waals surface area contributed by atoms with Crippen molar-refractivity contribution in [2.45, 2.75) is 20.8 Å². The number of fused-ring (bicyclic) bond motifs is 1. The number of aldehydes is 1. The molecule has 0 saturated carbocycles. The van der Waals surface area contributed by atoms with E-state index in [9.17, 15) is 4.79 Å². The number of aromatic nitrogens is 3. The first-order chi connectivity index (χ1) is 8.22. The minimum atomic E-state index is 0.630. The topological polar surface area (TPSA) is 59.3 Å². The Hall–Kier alpha value is -1.75. The van der Waals surface area contributed by atoms with Gasteiger partial charge in [0.15, 0.2) is 11.9 Å². The number of carbonyl (C=O) groups excluding carboxylic acids is 1. The van der Waals surface area contributed by atoms with Crippen molar-refractivity contribution in [3.05, 3.63) is 29.7 Å². The van der Waals surface area contributed by atoms with Gasteiger partial charge in [0, 0.05) is 11.8 Å². The van der Waals surface area contributed by atoms with E-state index in [-0.39, 0.29) is 0 Å². The molecule has 5 heteroatoms. The number of carbonyl (C=O) groups is 1. The third kappa shape index (κ3) is 4.32. The van der Waals surface area contributed by atoms with Crippen molar-refractivity contribution >= 4 is 11.9 Å². The number of aryl methyl sites for hydroxylation is 1. The summed E-state index contributed by atoms with van der Waals surface area (Å²) in [5.74, 6) is 0.786. The summed E-state index contributed by atoms with van der Waals surface area (Å²) in [4.78, 5) is 10.4. The molecule has 2 aromatic heterocycles. The van der Waals surface area contributed by atoms with Gasteiger partial charge in [-0.2, -0.15) is 0 Å². The van der Waals surface area contributed by atoms with E-state index in [0.717, 1.165) is 17.8 Å². The molecule has 0 radical (unpaired) electrons. The molecule has 1 N–H and O–H groups in total. The Morgan fingerprint density at radius 2 is 1.82 bits per heavy atom. The zero-order valence-corrected chi connectivity index (χ0v) is 11.1. The molecule has 0 unspecified atom stereocenters. The van der Waals surface area contributed by atoms with E-state index in [2.05, 4.69) is 15.5 Å². The molecule has 94 valence electrons. The highest BCUT2D eigenvalue weighted by Gasteiger charge is 1.99. The highest BCUT2D eigenvalue weighted by atomic mass is 16.1. The molecule has 0 aliphatic carbocycles. The fraction of sp³-hybridized carbons (Fsp3) is 0.417. The van der Waals surface area contributed by atoms with Crippen molar-refractivity contribution < 1.29 is 4.79 Å². The predicted molar refractivity (Wildman–Crippen MR) is 69.4 cm³/mol. The van der Waals surface area contributed by atoms with Crippen LogP contribution in [0.4, 0.5) is 0 Å². The Morgan fingerprint density at radius 3 is 2.35 bits per heavy atom. The molecule has 2 aromatic rings. The molecule has 17 heavy (non-hydrogen) atoms. The average molecular weight is 236 g/mol. The maximum absolute atomic E-state index is 10.4. The molecule has 0 aliphatic rings. The van der Waals surface area contributed by atoms with Gasteiger partial charge < -0.3 is 5.32 Å². The second-order valence-corrected chi connectivity index (χ2v) is 3.06. The molecular weight excluding hydrogens is 216 g/mol. The van der Waals surface area contributed by atoms with Crippen molar-refractivity contribution in [3.63, 3.8) is 0 Å². The van der Waals surface area contributed by atoms with Gasteiger partial charge in [-0.25, -0.2) is 0 Å². The SMILES string of the molecule is CC.CNC.Cc1nnc2ccc(C=O)cn12. The van der Waals surface area contributed by atoms with Gasteiger partial charge in [-0.15, -0.1) is 10.2 Å². The lowest BCUT2D eigenvalue weighted by atomic mass is 10.3. The van der Waals surface area contributed by atoms with Gasteiger partial charge in [0.1, 0.15) is 5.82 Å².